The first kappa shape index (κ1) is 23.3. The number of hydrazone groups is 1. The molecule has 184 valence electrons. The summed E-state index contributed by atoms with van der Waals surface area (Å²) < 4.78 is 11.2. The zero-order valence-corrected chi connectivity index (χ0v) is 21.1. The van der Waals surface area contributed by atoms with Gasteiger partial charge in [0.15, 0.2) is 0 Å². The summed E-state index contributed by atoms with van der Waals surface area (Å²) in [6, 6.07) is 12.4. The Labute approximate surface area is 208 Å². The molecule has 6 heteroatoms. The lowest BCUT2D eigenvalue weighted by atomic mass is 9.95. The third kappa shape index (κ3) is 4.49. The fraction of sp³-hybridized carbons (Fsp3) is 0.414. The highest BCUT2D eigenvalue weighted by Gasteiger charge is 2.32. The van der Waals surface area contributed by atoms with Gasteiger partial charge in [-0.3, -0.25) is 0 Å². The standard InChI is InChI=1S/C29H36N4O2/c1-4-5-11-27-24-9-8-10-25(24)29(20-16-22(34-2)19-23(17-20)35-3)31-33(27)28-18-21(12-13-26(28)30)32-14-6-7-15-32/h11-13,16-19H,4-10,14-15,30H2,1-3H3/b27-11+. The van der Waals surface area contributed by atoms with Gasteiger partial charge in [0, 0.05) is 30.4 Å². The normalized spacial score (nSPS) is 18.8. The number of nitrogen functional groups attached to an aromatic ring is 1. The molecule has 5 rings (SSSR count). The second kappa shape index (κ2) is 10.1. The van der Waals surface area contributed by atoms with Crippen LogP contribution in [0, 0.1) is 0 Å². The Balaban J connectivity index is 1.67. The number of nitrogens with two attached hydrogens (primary N) is 1. The van der Waals surface area contributed by atoms with Crippen LogP contribution >= 0.6 is 0 Å². The highest BCUT2D eigenvalue weighted by molar-refractivity contribution is 6.15. The van der Waals surface area contributed by atoms with E-state index in [0.717, 1.165) is 79.3 Å². The van der Waals surface area contributed by atoms with Gasteiger partial charge in [0.2, 0.25) is 0 Å². The maximum atomic E-state index is 6.61. The predicted molar refractivity (Wildman–Crippen MR) is 145 cm³/mol. The van der Waals surface area contributed by atoms with E-state index in [4.69, 9.17) is 20.3 Å². The lowest BCUT2D eigenvalue weighted by Crippen LogP contribution is -2.27. The molecule has 0 atom stereocenters. The summed E-state index contributed by atoms with van der Waals surface area (Å²) >= 11 is 0. The fourth-order valence-corrected chi connectivity index (χ4v) is 5.37. The molecule has 1 fully saturated rings. The zero-order valence-electron chi connectivity index (χ0n) is 21.1. The molecule has 2 aromatic carbocycles. The Kier molecular flexibility index (Phi) is 6.71. The smallest absolute Gasteiger partial charge is 0.123 e. The van der Waals surface area contributed by atoms with Gasteiger partial charge in [-0.1, -0.05) is 19.4 Å². The van der Waals surface area contributed by atoms with Crippen molar-refractivity contribution in [1.82, 2.24) is 0 Å². The molecule has 6 nitrogen and oxygen atoms in total. The average Bonchev–Trinajstić information content (AvgIpc) is 3.60. The van der Waals surface area contributed by atoms with E-state index in [9.17, 15) is 0 Å². The van der Waals surface area contributed by atoms with Crippen molar-refractivity contribution in [3.8, 4) is 11.5 Å². The number of ether oxygens (including phenoxy) is 2. The lowest BCUT2D eigenvalue weighted by molar-refractivity contribution is 0.394. The van der Waals surface area contributed by atoms with Crippen LogP contribution in [0.3, 0.4) is 0 Å². The molecule has 0 spiro atoms. The fourth-order valence-electron chi connectivity index (χ4n) is 5.37. The highest BCUT2D eigenvalue weighted by Crippen LogP contribution is 2.44. The first-order valence-corrected chi connectivity index (χ1v) is 12.8. The lowest BCUT2D eigenvalue weighted by Gasteiger charge is -2.32. The van der Waals surface area contributed by atoms with Gasteiger partial charge >= 0.3 is 0 Å². The molecule has 2 aromatic rings. The maximum absolute atomic E-state index is 6.61. The zero-order chi connectivity index (χ0) is 24.4. The number of rotatable bonds is 7. The van der Waals surface area contributed by atoms with Gasteiger partial charge in [0.1, 0.15) is 11.5 Å². The second-order valence-corrected chi connectivity index (χ2v) is 9.49. The van der Waals surface area contributed by atoms with Crippen LogP contribution in [0.2, 0.25) is 0 Å². The minimum Gasteiger partial charge on any atom is -0.497 e. The number of hydrogen-bond donors (Lipinski definition) is 1. The molecule has 1 aliphatic carbocycles. The average molecular weight is 473 g/mol. The van der Waals surface area contributed by atoms with Crippen LogP contribution in [0.25, 0.3) is 0 Å². The summed E-state index contributed by atoms with van der Waals surface area (Å²) in [7, 11) is 3.37. The third-order valence-corrected chi connectivity index (χ3v) is 7.21. The highest BCUT2D eigenvalue weighted by atomic mass is 16.5. The summed E-state index contributed by atoms with van der Waals surface area (Å²) in [5.74, 6) is 1.52. The van der Waals surface area contributed by atoms with E-state index in [1.165, 1.54) is 35.4 Å². The van der Waals surface area contributed by atoms with Crippen molar-refractivity contribution in [2.75, 3.05) is 43.0 Å². The Morgan fingerprint density at radius 3 is 2.34 bits per heavy atom. The van der Waals surface area contributed by atoms with Gasteiger partial charge in [-0.15, -0.1) is 0 Å². The van der Waals surface area contributed by atoms with Crippen LogP contribution in [0.4, 0.5) is 17.1 Å². The van der Waals surface area contributed by atoms with Crippen LogP contribution in [-0.4, -0.2) is 33.0 Å². The van der Waals surface area contributed by atoms with E-state index < -0.39 is 0 Å². The molecule has 0 radical (unpaired) electrons. The Morgan fingerprint density at radius 1 is 0.943 bits per heavy atom. The molecule has 0 aromatic heterocycles. The van der Waals surface area contributed by atoms with Crippen molar-refractivity contribution in [2.45, 2.75) is 51.9 Å². The van der Waals surface area contributed by atoms with E-state index in [1.807, 2.05) is 24.3 Å². The topological polar surface area (TPSA) is 63.3 Å². The Morgan fingerprint density at radius 2 is 1.66 bits per heavy atom. The summed E-state index contributed by atoms with van der Waals surface area (Å²) in [4.78, 5) is 2.44. The van der Waals surface area contributed by atoms with E-state index in [1.54, 1.807) is 14.2 Å². The molecular weight excluding hydrogens is 436 g/mol. The maximum Gasteiger partial charge on any atom is 0.123 e. The van der Waals surface area contributed by atoms with Crippen molar-refractivity contribution in [1.29, 1.82) is 0 Å². The Hall–Kier alpha value is -3.41. The molecule has 0 amide bonds. The van der Waals surface area contributed by atoms with Crippen LogP contribution in [0.15, 0.2) is 64.4 Å². The summed E-state index contributed by atoms with van der Waals surface area (Å²) in [5.41, 5.74) is 15.4. The molecule has 0 unspecified atom stereocenters. The first-order valence-electron chi connectivity index (χ1n) is 12.8. The molecular formula is C29H36N4O2. The molecule has 0 saturated carbocycles. The van der Waals surface area contributed by atoms with Crippen molar-refractivity contribution < 1.29 is 9.47 Å². The minimum atomic E-state index is 0.740. The number of methoxy groups -OCH3 is 2. The summed E-state index contributed by atoms with van der Waals surface area (Å²) in [5, 5.41) is 7.39. The largest absolute Gasteiger partial charge is 0.497 e. The molecule has 3 aliphatic rings. The van der Waals surface area contributed by atoms with Crippen LogP contribution in [-0.2, 0) is 0 Å². The molecule has 1 saturated heterocycles. The molecule has 35 heavy (non-hydrogen) atoms. The SMILES string of the molecule is CCC/C=C1\C2=C(CCC2)C(c2cc(OC)cc(OC)c2)=NN1c1cc(N2CCCC2)ccc1N. The minimum absolute atomic E-state index is 0.740. The predicted octanol–water partition coefficient (Wildman–Crippen LogP) is 6.28. The number of unbranched alkanes of at least 4 members (excludes halogenated alkanes) is 1. The van der Waals surface area contributed by atoms with Crippen LogP contribution < -0.4 is 25.1 Å². The summed E-state index contributed by atoms with van der Waals surface area (Å²) in [6.07, 6.45) is 10.1. The number of allylic oxidation sites excluding steroid dienone is 3. The third-order valence-electron chi connectivity index (χ3n) is 7.21. The van der Waals surface area contributed by atoms with Crippen LogP contribution in [0.1, 0.15) is 57.4 Å². The molecule has 2 N–H and O–H groups in total. The number of benzene rings is 2. The monoisotopic (exact) mass is 472 g/mol. The first-order chi connectivity index (χ1) is 17.1. The van der Waals surface area contributed by atoms with Crippen molar-refractivity contribution >= 4 is 22.8 Å². The van der Waals surface area contributed by atoms with E-state index in [-0.39, 0.29) is 0 Å². The van der Waals surface area contributed by atoms with Gasteiger partial charge in [-0.25, -0.2) is 5.01 Å². The van der Waals surface area contributed by atoms with E-state index in [2.05, 4.69) is 35.0 Å². The second-order valence-electron chi connectivity index (χ2n) is 9.49. The van der Waals surface area contributed by atoms with Crippen LogP contribution in [0.5, 0.6) is 11.5 Å². The molecule has 2 heterocycles. The van der Waals surface area contributed by atoms with Crippen molar-refractivity contribution in [3.05, 3.63) is 64.9 Å². The van der Waals surface area contributed by atoms with E-state index in [0.29, 0.717) is 0 Å². The van der Waals surface area contributed by atoms with Gasteiger partial charge < -0.3 is 20.1 Å². The van der Waals surface area contributed by atoms with Crippen molar-refractivity contribution in [2.24, 2.45) is 5.10 Å². The molecule has 2 aliphatic heterocycles. The summed E-state index contributed by atoms with van der Waals surface area (Å²) in [6.45, 7) is 4.40. The van der Waals surface area contributed by atoms with Gasteiger partial charge in [0.25, 0.3) is 0 Å². The van der Waals surface area contributed by atoms with Gasteiger partial charge in [-0.05, 0) is 80.0 Å². The number of anilines is 3. The van der Waals surface area contributed by atoms with Gasteiger partial charge in [0.05, 0.1) is 37.0 Å². The molecule has 0 bridgehead atoms. The Bertz CT molecular complexity index is 1170. The van der Waals surface area contributed by atoms with Gasteiger partial charge in [-0.2, -0.15) is 5.10 Å². The number of nitrogens with zero attached hydrogens (tertiary/aromatic N) is 3. The van der Waals surface area contributed by atoms with E-state index >= 15 is 0 Å². The van der Waals surface area contributed by atoms with Crippen molar-refractivity contribution in [3.63, 3.8) is 0 Å². The number of hydrogen-bond acceptors (Lipinski definition) is 6. The quantitative estimate of drug-likeness (QED) is 0.481.